The van der Waals surface area contributed by atoms with E-state index in [-0.39, 0.29) is 11.9 Å². The Hall–Kier alpha value is -4.39. The SMILES string of the molecule is COc1ccc(NC(=O)c2ccc(Oc3ncc(-c4ccccc4C)cn3)cc2)cc1OC. The summed E-state index contributed by atoms with van der Waals surface area (Å²) in [4.78, 5) is 21.2. The molecular weight excluding hydrogens is 418 g/mol. The largest absolute Gasteiger partial charge is 0.493 e. The minimum absolute atomic E-state index is 0.231. The minimum atomic E-state index is -0.257. The number of methoxy groups -OCH3 is 2. The third kappa shape index (κ3) is 5.10. The molecule has 0 spiro atoms. The van der Waals surface area contributed by atoms with Crippen LogP contribution >= 0.6 is 0 Å². The van der Waals surface area contributed by atoms with Gasteiger partial charge in [-0.05, 0) is 54.4 Å². The fourth-order valence-electron chi connectivity index (χ4n) is 3.30. The number of ether oxygens (including phenoxy) is 3. The van der Waals surface area contributed by atoms with Crippen LogP contribution < -0.4 is 19.5 Å². The van der Waals surface area contributed by atoms with Gasteiger partial charge in [0.1, 0.15) is 5.75 Å². The first-order chi connectivity index (χ1) is 16.1. The van der Waals surface area contributed by atoms with Crippen molar-refractivity contribution in [2.24, 2.45) is 0 Å². The number of hydrogen-bond donors (Lipinski definition) is 1. The molecule has 0 bridgehead atoms. The molecule has 7 nitrogen and oxygen atoms in total. The molecule has 1 N–H and O–H groups in total. The molecule has 1 aromatic heterocycles. The van der Waals surface area contributed by atoms with E-state index in [1.54, 1.807) is 69.1 Å². The van der Waals surface area contributed by atoms with E-state index >= 15 is 0 Å². The smallest absolute Gasteiger partial charge is 0.321 e. The van der Waals surface area contributed by atoms with Gasteiger partial charge in [0.15, 0.2) is 11.5 Å². The molecule has 0 saturated carbocycles. The van der Waals surface area contributed by atoms with Crippen molar-refractivity contribution in [2.75, 3.05) is 19.5 Å². The van der Waals surface area contributed by atoms with Crippen LogP contribution in [0.4, 0.5) is 5.69 Å². The Morgan fingerprint density at radius 3 is 2.21 bits per heavy atom. The first kappa shape index (κ1) is 21.8. The number of nitrogens with zero attached hydrogens (tertiary/aromatic N) is 2. The van der Waals surface area contributed by atoms with Crippen molar-refractivity contribution in [1.29, 1.82) is 0 Å². The monoisotopic (exact) mass is 441 g/mol. The molecule has 0 radical (unpaired) electrons. The Balaban J connectivity index is 1.41. The zero-order valence-electron chi connectivity index (χ0n) is 18.5. The van der Waals surface area contributed by atoms with Gasteiger partial charge in [0.25, 0.3) is 5.91 Å². The van der Waals surface area contributed by atoms with E-state index in [4.69, 9.17) is 14.2 Å². The Kier molecular flexibility index (Phi) is 6.50. The van der Waals surface area contributed by atoms with Gasteiger partial charge in [0, 0.05) is 35.3 Å². The number of carbonyl (C=O) groups excluding carboxylic acids is 1. The average molecular weight is 441 g/mol. The van der Waals surface area contributed by atoms with Crippen molar-refractivity contribution in [3.8, 4) is 34.4 Å². The second kappa shape index (κ2) is 9.82. The molecule has 1 heterocycles. The van der Waals surface area contributed by atoms with E-state index in [0.29, 0.717) is 28.5 Å². The second-order valence-corrected chi connectivity index (χ2v) is 7.22. The Bertz CT molecular complexity index is 1260. The summed E-state index contributed by atoms with van der Waals surface area (Å²) < 4.78 is 16.2. The van der Waals surface area contributed by atoms with Gasteiger partial charge in [-0.1, -0.05) is 24.3 Å². The summed E-state index contributed by atoms with van der Waals surface area (Å²) in [6, 6.07) is 20.2. The lowest BCUT2D eigenvalue weighted by molar-refractivity contribution is 0.102. The summed E-state index contributed by atoms with van der Waals surface area (Å²) in [6.07, 6.45) is 3.46. The summed E-state index contributed by atoms with van der Waals surface area (Å²) in [7, 11) is 3.10. The van der Waals surface area contributed by atoms with E-state index < -0.39 is 0 Å². The summed E-state index contributed by atoms with van der Waals surface area (Å²) in [6.45, 7) is 2.04. The van der Waals surface area contributed by atoms with Crippen LogP contribution in [0, 0.1) is 6.92 Å². The second-order valence-electron chi connectivity index (χ2n) is 7.22. The molecule has 33 heavy (non-hydrogen) atoms. The van der Waals surface area contributed by atoms with E-state index in [1.807, 2.05) is 31.2 Å². The molecule has 1 amide bonds. The maximum atomic E-state index is 12.6. The molecule has 0 aliphatic carbocycles. The zero-order chi connectivity index (χ0) is 23.2. The van der Waals surface area contributed by atoms with Gasteiger partial charge in [-0.3, -0.25) is 4.79 Å². The topological polar surface area (TPSA) is 82.6 Å². The highest BCUT2D eigenvalue weighted by atomic mass is 16.5. The molecule has 0 fully saturated rings. The zero-order valence-corrected chi connectivity index (χ0v) is 18.5. The standard InChI is InChI=1S/C26H23N3O4/c1-17-6-4-5-7-22(17)19-15-27-26(28-16-19)33-21-11-8-18(9-12-21)25(30)29-20-10-13-23(31-2)24(14-20)32-3/h4-16H,1-3H3,(H,29,30). The Morgan fingerprint density at radius 1 is 0.848 bits per heavy atom. The highest BCUT2D eigenvalue weighted by molar-refractivity contribution is 6.04. The number of benzene rings is 3. The predicted octanol–water partition coefficient (Wildman–Crippen LogP) is 5.51. The van der Waals surface area contributed by atoms with Crippen LogP contribution in [0.3, 0.4) is 0 Å². The fourth-order valence-corrected chi connectivity index (χ4v) is 3.30. The van der Waals surface area contributed by atoms with Crippen molar-refractivity contribution in [3.63, 3.8) is 0 Å². The molecule has 0 saturated heterocycles. The molecule has 0 aliphatic rings. The third-order valence-electron chi connectivity index (χ3n) is 5.05. The minimum Gasteiger partial charge on any atom is -0.493 e. The molecule has 3 aromatic carbocycles. The van der Waals surface area contributed by atoms with Crippen molar-refractivity contribution in [2.45, 2.75) is 6.92 Å². The highest BCUT2D eigenvalue weighted by Crippen LogP contribution is 2.30. The van der Waals surface area contributed by atoms with E-state index in [1.165, 1.54) is 0 Å². The number of aryl methyl sites for hydroxylation is 1. The molecular formula is C26H23N3O4. The highest BCUT2D eigenvalue weighted by Gasteiger charge is 2.10. The summed E-state index contributed by atoms with van der Waals surface area (Å²) >= 11 is 0. The van der Waals surface area contributed by atoms with Crippen LogP contribution in [-0.2, 0) is 0 Å². The van der Waals surface area contributed by atoms with Crippen molar-refractivity contribution >= 4 is 11.6 Å². The number of amides is 1. The van der Waals surface area contributed by atoms with Crippen LogP contribution in [0.25, 0.3) is 11.1 Å². The molecule has 166 valence electrons. The van der Waals surface area contributed by atoms with Gasteiger partial charge in [-0.25, -0.2) is 9.97 Å². The third-order valence-corrected chi connectivity index (χ3v) is 5.05. The lowest BCUT2D eigenvalue weighted by Gasteiger charge is -2.11. The summed E-state index contributed by atoms with van der Waals surface area (Å²) in [5.74, 6) is 1.40. The number of anilines is 1. The molecule has 7 heteroatoms. The molecule has 0 unspecified atom stereocenters. The molecule has 0 aliphatic heterocycles. The molecule has 0 atom stereocenters. The maximum Gasteiger partial charge on any atom is 0.321 e. The van der Waals surface area contributed by atoms with Crippen molar-refractivity contribution in [1.82, 2.24) is 9.97 Å². The Labute approximate surface area is 192 Å². The van der Waals surface area contributed by atoms with Gasteiger partial charge in [0.2, 0.25) is 0 Å². The van der Waals surface area contributed by atoms with Gasteiger partial charge in [-0.2, -0.15) is 0 Å². The Morgan fingerprint density at radius 2 is 1.55 bits per heavy atom. The van der Waals surface area contributed by atoms with Crippen LogP contribution in [0.15, 0.2) is 79.1 Å². The summed E-state index contributed by atoms with van der Waals surface area (Å²) in [5, 5.41) is 2.84. The summed E-state index contributed by atoms with van der Waals surface area (Å²) in [5.41, 5.74) is 4.22. The molecule has 4 aromatic rings. The number of rotatable bonds is 7. The first-order valence-electron chi connectivity index (χ1n) is 10.3. The quantitative estimate of drug-likeness (QED) is 0.407. The number of nitrogens with one attached hydrogen (secondary N) is 1. The molecule has 4 rings (SSSR count). The van der Waals surface area contributed by atoms with E-state index in [9.17, 15) is 4.79 Å². The predicted molar refractivity (Wildman–Crippen MR) is 126 cm³/mol. The van der Waals surface area contributed by atoms with Crippen LogP contribution in [0.1, 0.15) is 15.9 Å². The van der Waals surface area contributed by atoms with Gasteiger partial charge in [0.05, 0.1) is 14.2 Å². The normalized spacial score (nSPS) is 10.4. The van der Waals surface area contributed by atoms with E-state index in [0.717, 1.165) is 16.7 Å². The van der Waals surface area contributed by atoms with Gasteiger partial charge >= 0.3 is 6.01 Å². The fraction of sp³-hybridized carbons (Fsp3) is 0.115. The van der Waals surface area contributed by atoms with Gasteiger partial charge in [-0.15, -0.1) is 0 Å². The number of aromatic nitrogens is 2. The number of hydrogen-bond acceptors (Lipinski definition) is 6. The van der Waals surface area contributed by atoms with Crippen LogP contribution in [0.5, 0.6) is 23.3 Å². The maximum absolute atomic E-state index is 12.6. The lowest BCUT2D eigenvalue weighted by Crippen LogP contribution is -2.11. The van der Waals surface area contributed by atoms with E-state index in [2.05, 4.69) is 15.3 Å². The lowest BCUT2D eigenvalue weighted by atomic mass is 10.0. The van der Waals surface area contributed by atoms with Gasteiger partial charge < -0.3 is 19.5 Å². The first-order valence-corrected chi connectivity index (χ1v) is 10.3. The average Bonchev–Trinajstić information content (AvgIpc) is 2.85. The van der Waals surface area contributed by atoms with Crippen molar-refractivity contribution < 1.29 is 19.0 Å². The number of carbonyl (C=O) groups is 1. The van der Waals surface area contributed by atoms with Crippen LogP contribution in [-0.4, -0.2) is 30.1 Å². The van der Waals surface area contributed by atoms with Crippen molar-refractivity contribution in [3.05, 3.63) is 90.3 Å². The van der Waals surface area contributed by atoms with Crippen LogP contribution in [0.2, 0.25) is 0 Å².